The van der Waals surface area contributed by atoms with E-state index in [1.54, 1.807) is 42.5 Å². The minimum Gasteiger partial charge on any atom is -0.506 e. The third-order valence-corrected chi connectivity index (χ3v) is 4.07. The predicted octanol–water partition coefficient (Wildman–Crippen LogP) is 2.81. The van der Waals surface area contributed by atoms with Gasteiger partial charge in [-0.05, 0) is 48.6 Å². The van der Waals surface area contributed by atoms with E-state index in [4.69, 9.17) is 23.8 Å². The molecule has 0 bridgehead atoms. The van der Waals surface area contributed by atoms with Crippen LogP contribution >= 0.6 is 23.8 Å². The van der Waals surface area contributed by atoms with Crippen LogP contribution in [0.1, 0.15) is 0 Å². The number of carbonyl (C=O) groups excluding carboxylic acids is 2. The van der Waals surface area contributed by atoms with Gasteiger partial charge in [0, 0.05) is 11.2 Å². The average molecular weight is 374 g/mol. The standard InChI is InChI=1S/C17H12ClN3O3S/c18-10-5-7-11(8-6-10)21-16(24)12(15(23)20-17(21)25)9-19-13-3-1-2-4-14(13)22/h1-9,12,22H,(H,20,23,25)/t12-/m1/s1. The van der Waals surface area contributed by atoms with E-state index < -0.39 is 17.7 Å². The molecule has 1 saturated heterocycles. The van der Waals surface area contributed by atoms with Crippen molar-refractivity contribution in [1.82, 2.24) is 5.32 Å². The van der Waals surface area contributed by atoms with Crippen molar-refractivity contribution in [3.05, 3.63) is 53.6 Å². The van der Waals surface area contributed by atoms with Gasteiger partial charge in [0.15, 0.2) is 11.0 Å². The molecule has 0 spiro atoms. The van der Waals surface area contributed by atoms with Crippen LogP contribution in [0.25, 0.3) is 0 Å². The van der Waals surface area contributed by atoms with Crippen LogP contribution in [0.15, 0.2) is 53.5 Å². The second-order valence-electron chi connectivity index (χ2n) is 5.19. The second kappa shape index (κ2) is 7.00. The molecule has 0 radical (unpaired) electrons. The monoisotopic (exact) mass is 373 g/mol. The Morgan fingerprint density at radius 1 is 1.16 bits per heavy atom. The highest BCUT2D eigenvalue weighted by atomic mass is 35.5. The van der Waals surface area contributed by atoms with Crippen LogP contribution in [0, 0.1) is 5.92 Å². The zero-order valence-electron chi connectivity index (χ0n) is 12.7. The Labute approximate surface area is 153 Å². The molecule has 1 fully saturated rings. The first kappa shape index (κ1) is 17.1. The van der Waals surface area contributed by atoms with E-state index in [0.29, 0.717) is 10.7 Å². The third-order valence-electron chi connectivity index (χ3n) is 3.53. The molecule has 2 N–H and O–H groups in total. The number of aliphatic imine (C=N–C) groups is 1. The van der Waals surface area contributed by atoms with E-state index in [9.17, 15) is 14.7 Å². The number of rotatable bonds is 3. The Morgan fingerprint density at radius 3 is 2.52 bits per heavy atom. The average Bonchev–Trinajstić information content (AvgIpc) is 2.57. The predicted molar refractivity (Wildman–Crippen MR) is 99.4 cm³/mol. The normalized spacial score (nSPS) is 17.9. The molecular formula is C17H12ClN3O3S. The molecule has 126 valence electrons. The van der Waals surface area contributed by atoms with Crippen molar-refractivity contribution in [3.8, 4) is 5.75 Å². The molecule has 8 heteroatoms. The van der Waals surface area contributed by atoms with Crippen LogP contribution in [0.3, 0.4) is 0 Å². The number of nitrogens with zero attached hydrogens (tertiary/aromatic N) is 2. The van der Waals surface area contributed by atoms with Gasteiger partial charge >= 0.3 is 0 Å². The first-order chi connectivity index (χ1) is 12.0. The lowest BCUT2D eigenvalue weighted by molar-refractivity contribution is -0.130. The molecule has 2 aromatic rings. The summed E-state index contributed by atoms with van der Waals surface area (Å²) in [5, 5.41) is 12.7. The molecular weight excluding hydrogens is 362 g/mol. The number of hydrogen-bond donors (Lipinski definition) is 2. The number of thiocarbonyl (C=S) groups is 1. The van der Waals surface area contributed by atoms with Crippen LogP contribution in [0.5, 0.6) is 5.75 Å². The Bertz CT molecular complexity index is 883. The molecule has 1 atom stereocenters. The van der Waals surface area contributed by atoms with E-state index in [1.807, 2.05) is 0 Å². The van der Waals surface area contributed by atoms with Gasteiger partial charge in [-0.25, -0.2) is 0 Å². The Hall–Kier alpha value is -2.77. The van der Waals surface area contributed by atoms with Crippen LogP contribution in [-0.4, -0.2) is 28.2 Å². The summed E-state index contributed by atoms with van der Waals surface area (Å²) in [6.45, 7) is 0. The summed E-state index contributed by atoms with van der Waals surface area (Å²) in [5.41, 5.74) is 0.745. The molecule has 2 amide bonds. The van der Waals surface area contributed by atoms with Gasteiger partial charge in [0.05, 0.1) is 5.69 Å². The molecule has 0 aromatic heterocycles. The van der Waals surface area contributed by atoms with Crippen molar-refractivity contribution in [3.63, 3.8) is 0 Å². The zero-order chi connectivity index (χ0) is 18.0. The minimum atomic E-state index is -1.16. The summed E-state index contributed by atoms with van der Waals surface area (Å²) in [6.07, 6.45) is 1.19. The lowest BCUT2D eigenvalue weighted by Crippen LogP contribution is -2.58. The molecule has 2 aromatic carbocycles. The number of hydrogen-bond acceptors (Lipinski definition) is 5. The Kier molecular flexibility index (Phi) is 4.78. The molecule has 1 aliphatic rings. The molecule has 1 heterocycles. The number of aromatic hydroxyl groups is 1. The van der Waals surface area contributed by atoms with Gasteiger partial charge in [0.1, 0.15) is 11.4 Å². The number of phenolic OH excluding ortho intramolecular Hbond substituents is 1. The molecule has 25 heavy (non-hydrogen) atoms. The first-order valence-electron chi connectivity index (χ1n) is 7.24. The Morgan fingerprint density at radius 2 is 1.84 bits per heavy atom. The maximum absolute atomic E-state index is 12.7. The molecule has 3 rings (SSSR count). The topological polar surface area (TPSA) is 82.0 Å². The Balaban J connectivity index is 1.90. The van der Waals surface area contributed by atoms with Crippen LogP contribution in [0.4, 0.5) is 11.4 Å². The summed E-state index contributed by atoms with van der Waals surface area (Å²) in [6, 6.07) is 12.9. The van der Waals surface area contributed by atoms with Crippen molar-refractivity contribution in [2.24, 2.45) is 10.9 Å². The van der Waals surface area contributed by atoms with Crippen molar-refractivity contribution in [2.45, 2.75) is 0 Å². The number of phenols is 1. The fourth-order valence-corrected chi connectivity index (χ4v) is 2.71. The quantitative estimate of drug-likeness (QED) is 0.492. The lowest BCUT2D eigenvalue weighted by atomic mass is 10.1. The number of carbonyl (C=O) groups is 2. The van der Waals surface area contributed by atoms with E-state index in [2.05, 4.69) is 10.3 Å². The summed E-state index contributed by atoms with van der Waals surface area (Å²) in [4.78, 5) is 30.1. The third kappa shape index (κ3) is 3.52. The molecule has 0 aliphatic carbocycles. The second-order valence-corrected chi connectivity index (χ2v) is 6.01. The maximum atomic E-state index is 12.7. The van der Waals surface area contributed by atoms with Crippen LogP contribution < -0.4 is 10.2 Å². The number of nitrogens with one attached hydrogen (secondary N) is 1. The highest BCUT2D eigenvalue weighted by Gasteiger charge is 2.38. The molecule has 0 unspecified atom stereocenters. The van der Waals surface area contributed by atoms with Crippen LogP contribution in [-0.2, 0) is 9.59 Å². The molecule has 1 aliphatic heterocycles. The van der Waals surface area contributed by atoms with Crippen molar-refractivity contribution in [2.75, 3.05) is 4.90 Å². The largest absolute Gasteiger partial charge is 0.506 e. The number of amides is 2. The van der Waals surface area contributed by atoms with Gasteiger partial charge < -0.3 is 10.4 Å². The maximum Gasteiger partial charge on any atom is 0.251 e. The first-order valence-corrected chi connectivity index (χ1v) is 8.02. The number of benzene rings is 2. The fourth-order valence-electron chi connectivity index (χ4n) is 2.28. The highest BCUT2D eigenvalue weighted by Crippen LogP contribution is 2.26. The van der Waals surface area contributed by atoms with Crippen molar-refractivity contribution < 1.29 is 14.7 Å². The number of halogens is 1. The van der Waals surface area contributed by atoms with Crippen molar-refractivity contribution >= 4 is 58.3 Å². The van der Waals surface area contributed by atoms with E-state index >= 15 is 0 Å². The van der Waals surface area contributed by atoms with Gasteiger partial charge in [-0.2, -0.15) is 0 Å². The van der Waals surface area contributed by atoms with Gasteiger partial charge in [-0.1, -0.05) is 23.7 Å². The molecule has 0 saturated carbocycles. The summed E-state index contributed by atoms with van der Waals surface area (Å²) in [5.74, 6) is -2.32. The molecule has 6 nitrogen and oxygen atoms in total. The smallest absolute Gasteiger partial charge is 0.251 e. The van der Waals surface area contributed by atoms with Crippen LogP contribution in [0.2, 0.25) is 5.02 Å². The van der Waals surface area contributed by atoms with Gasteiger partial charge in [-0.3, -0.25) is 19.5 Å². The summed E-state index contributed by atoms with van der Waals surface area (Å²) in [7, 11) is 0. The highest BCUT2D eigenvalue weighted by molar-refractivity contribution is 7.80. The van der Waals surface area contributed by atoms with Crippen molar-refractivity contribution in [1.29, 1.82) is 0 Å². The van der Waals surface area contributed by atoms with Gasteiger partial charge in [-0.15, -0.1) is 0 Å². The fraction of sp³-hybridized carbons (Fsp3) is 0.0588. The summed E-state index contributed by atoms with van der Waals surface area (Å²) >= 11 is 11.0. The van der Waals surface area contributed by atoms with Gasteiger partial charge in [0.25, 0.3) is 5.91 Å². The lowest BCUT2D eigenvalue weighted by Gasteiger charge is -2.30. The van der Waals surface area contributed by atoms with Gasteiger partial charge in [0.2, 0.25) is 5.91 Å². The van der Waals surface area contributed by atoms with E-state index in [0.717, 1.165) is 0 Å². The number of para-hydroxylation sites is 2. The number of anilines is 1. The van der Waals surface area contributed by atoms with E-state index in [-0.39, 0.29) is 16.5 Å². The zero-order valence-corrected chi connectivity index (χ0v) is 14.3. The minimum absolute atomic E-state index is 0.00969. The van der Waals surface area contributed by atoms with E-state index in [1.165, 1.54) is 17.2 Å². The summed E-state index contributed by atoms with van der Waals surface area (Å²) < 4.78 is 0. The SMILES string of the molecule is O=C1NC(=S)N(c2ccc(Cl)cc2)C(=O)[C@@H]1C=Nc1ccccc1O.